The summed E-state index contributed by atoms with van der Waals surface area (Å²) in [5.74, 6) is 0.563. The van der Waals surface area contributed by atoms with Crippen LogP contribution < -0.4 is 10.6 Å². The van der Waals surface area contributed by atoms with Crippen LogP contribution in [0.4, 0.5) is 5.82 Å². The number of carbonyl (C=O) groups is 2. The second-order valence-corrected chi connectivity index (χ2v) is 9.89. The minimum Gasteiger partial charge on any atom is -0.389 e. The van der Waals surface area contributed by atoms with Gasteiger partial charge >= 0.3 is 0 Å². The lowest BCUT2D eigenvalue weighted by atomic mass is 9.84. The molecule has 1 aliphatic carbocycles. The smallest absolute Gasteiger partial charge is 0.249 e. The molecule has 0 aromatic carbocycles. The molecule has 0 spiro atoms. The Balaban J connectivity index is 1.71. The second kappa shape index (κ2) is 9.85. The van der Waals surface area contributed by atoms with Crippen LogP contribution in [0.2, 0.25) is 0 Å². The average Bonchev–Trinajstić information content (AvgIpc) is 3.24. The Bertz CT molecular complexity index is 802. The highest BCUT2D eigenvalue weighted by Gasteiger charge is 2.35. The largest absolute Gasteiger partial charge is 0.389 e. The Morgan fingerprint density at radius 2 is 2.00 bits per heavy atom. The number of anilines is 1. The lowest BCUT2D eigenvalue weighted by Crippen LogP contribution is -2.47. The molecule has 31 heavy (non-hydrogen) atoms. The fourth-order valence-corrected chi connectivity index (χ4v) is 4.50. The quantitative estimate of drug-likeness (QED) is 0.558. The van der Waals surface area contributed by atoms with Crippen LogP contribution in [0, 0.1) is 5.92 Å². The molecule has 2 aliphatic rings. The van der Waals surface area contributed by atoms with Gasteiger partial charge in [0.15, 0.2) is 5.82 Å². The SMILES string of the molecule is CC(C)NC1=CC(=O)N([C@@H](CC2CCCCC2)C(=O)Nc2ccn(CC(C)(C)O)n2)C1. The van der Waals surface area contributed by atoms with E-state index in [0.29, 0.717) is 31.2 Å². The van der Waals surface area contributed by atoms with Gasteiger partial charge in [-0.2, -0.15) is 5.10 Å². The van der Waals surface area contributed by atoms with Crippen molar-refractivity contribution in [1.29, 1.82) is 0 Å². The number of aromatic nitrogens is 2. The fraction of sp³-hybridized carbons (Fsp3) is 0.696. The van der Waals surface area contributed by atoms with Crippen molar-refractivity contribution >= 4 is 17.6 Å². The van der Waals surface area contributed by atoms with Crippen LogP contribution >= 0.6 is 0 Å². The molecule has 0 radical (unpaired) electrons. The summed E-state index contributed by atoms with van der Waals surface area (Å²) in [6, 6.07) is 1.42. The summed E-state index contributed by atoms with van der Waals surface area (Å²) in [4.78, 5) is 27.7. The molecule has 0 unspecified atom stereocenters. The molecule has 1 fully saturated rings. The molecule has 1 aromatic rings. The third kappa shape index (κ3) is 6.82. The molecule has 0 saturated heterocycles. The van der Waals surface area contributed by atoms with Crippen LogP contribution in [0.15, 0.2) is 24.0 Å². The number of nitrogens with zero attached hydrogens (tertiary/aromatic N) is 3. The van der Waals surface area contributed by atoms with E-state index in [1.54, 1.807) is 41.8 Å². The molecule has 1 atom stereocenters. The maximum Gasteiger partial charge on any atom is 0.249 e. The van der Waals surface area contributed by atoms with Crippen LogP contribution in [0.5, 0.6) is 0 Å². The van der Waals surface area contributed by atoms with Gasteiger partial charge in [0.25, 0.3) is 0 Å². The molecule has 3 N–H and O–H groups in total. The minimum atomic E-state index is -0.899. The number of nitrogens with one attached hydrogen (secondary N) is 2. The van der Waals surface area contributed by atoms with Crippen molar-refractivity contribution in [3.8, 4) is 0 Å². The van der Waals surface area contributed by atoms with Crippen molar-refractivity contribution in [3.05, 3.63) is 24.0 Å². The molecular formula is C23H37N5O3. The Kier molecular flexibility index (Phi) is 7.41. The summed E-state index contributed by atoms with van der Waals surface area (Å²) < 4.78 is 1.61. The van der Waals surface area contributed by atoms with Crippen LogP contribution in [0.1, 0.15) is 66.2 Å². The van der Waals surface area contributed by atoms with Crippen molar-refractivity contribution in [2.75, 3.05) is 11.9 Å². The number of amides is 2. The van der Waals surface area contributed by atoms with Crippen molar-refractivity contribution in [2.45, 2.75) is 90.4 Å². The fourth-order valence-electron chi connectivity index (χ4n) is 4.50. The zero-order valence-electron chi connectivity index (χ0n) is 19.2. The maximum atomic E-state index is 13.3. The Morgan fingerprint density at radius 3 is 2.65 bits per heavy atom. The molecule has 1 saturated carbocycles. The third-order valence-corrected chi connectivity index (χ3v) is 5.80. The normalized spacial score (nSPS) is 19.0. The monoisotopic (exact) mass is 431 g/mol. The first-order valence-electron chi connectivity index (χ1n) is 11.4. The van der Waals surface area contributed by atoms with Gasteiger partial charge in [0.05, 0.1) is 18.7 Å². The van der Waals surface area contributed by atoms with Gasteiger partial charge < -0.3 is 20.6 Å². The first kappa shape index (κ1) is 23.3. The van der Waals surface area contributed by atoms with Crippen LogP contribution in [-0.2, 0) is 16.1 Å². The van der Waals surface area contributed by atoms with E-state index in [0.717, 1.165) is 18.5 Å². The van der Waals surface area contributed by atoms with Crippen LogP contribution in [0.3, 0.4) is 0 Å². The number of hydrogen-bond acceptors (Lipinski definition) is 5. The lowest BCUT2D eigenvalue weighted by Gasteiger charge is -2.32. The summed E-state index contributed by atoms with van der Waals surface area (Å²) in [7, 11) is 0. The average molecular weight is 432 g/mol. The Labute approximate surface area is 185 Å². The number of rotatable bonds is 9. The van der Waals surface area contributed by atoms with E-state index >= 15 is 0 Å². The first-order chi connectivity index (χ1) is 14.6. The Hall–Kier alpha value is -2.35. The topological polar surface area (TPSA) is 99.5 Å². The number of carbonyl (C=O) groups excluding carboxylic acids is 2. The minimum absolute atomic E-state index is 0.119. The van der Waals surface area contributed by atoms with Crippen LogP contribution in [-0.4, -0.2) is 55.8 Å². The Morgan fingerprint density at radius 1 is 1.29 bits per heavy atom. The summed E-state index contributed by atoms with van der Waals surface area (Å²) in [6.07, 6.45) is 9.85. The van der Waals surface area contributed by atoms with Crippen molar-refractivity contribution in [2.24, 2.45) is 5.92 Å². The van der Waals surface area contributed by atoms with E-state index in [9.17, 15) is 14.7 Å². The van der Waals surface area contributed by atoms with Gasteiger partial charge in [-0.25, -0.2) is 0 Å². The van der Waals surface area contributed by atoms with Crippen LogP contribution in [0.25, 0.3) is 0 Å². The molecule has 2 amide bonds. The molecule has 3 rings (SSSR count). The molecule has 1 aromatic heterocycles. The molecule has 8 nitrogen and oxygen atoms in total. The van der Waals surface area contributed by atoms with E-state index in [2.05, 4.69) is 15.7 Å². The summed E-state index contributed by atoms with van der Waals surface area (Å²) >= 11 is 0. The van der Waals surface area contributed by atoms with Gasteiger partial charge in [-0.3, -0.25) is 14.3 Å². The predicted octanol–water partition coefficient (Wildman–Crippen LogP) is 2.66. The molecule has 172 valence electrons. The summed E-state index contributed by atoms with van der Waals surface area (Å²) in [5.41, 5.74) is -0.0412. The van der Waals surface area contributed by atoms with Gasteiger partial charge in [0.2, 0.25) is 11.8 Å². The van der Waals surface area contributed by atoms with E-state index in [-0.39, 0.29) is 17.9 Å². The highest BCUT2D eigenvalue weighted by Crippen LogP contribution is 2.30. The second-order valence-electron chi connectivity index (χ2n) is 9.89. The zero-order chi connectivity index (χ0) is 22.6. The molecule has 2 heterocycles. The van der Waals surface area contributed by atoms with Gasteiger partial charge in [0, 0.05) is 30.1 Å². The zero-order valence-corrected chi connectivity index (χ0v) is 19.2. The van der Waals surface area contributed by atoms with Gasteiger partial charge in [0.1, 0.15) is 6.04 Å². The number of hydrogen-bond donors (Lipinski definition) is 3. The lowest BCUT2D eigenvalue weighted by molar-refractivity contribution is -0.134. The van der Waals surface area contributed by atoms with Gasteiger partial charge in [-0.05, 0) is 40.0 Å². The van der Waals surface area contributed by atoms with Crippen molar-refractivity contribution in [3.63, 3.8) is 0 Å². The molecular weight excluding hydrogens is 394 g/mol. The van der Waals surface area contributed by atoms with Gasteiger partial charge in [-0.15, -0.1) is 0 Å². The predicted molar refractivity (Wildman–Crippen MR) is 120 cm³/mol. The molecule has 8 heteroatoms. The third-order valence-electron chi connectivity index (χ3n) is 5.80. The molecule has 0 bridgehead atoms. The first-order valence-corrected chi connectivity index (χ1v) is 11.4. The molecule has 1 aliphatic heterocycles. The van der Waals surface area contributed by atoms with Crippen molar-refractivity contribution in [1.82, 2.24) is 20.0 Å². The maximum absolute atomic E-state index is 13.3. The van der Waals surface area contributed by atoms with Crippen molar-refractivity contribution < 1.29 is 14.7 Å². The van der Waals surface area contributed by atoms with E-state index in [1.807, 2.05) is 13.8 Å². The highest BCUT2D eigenvalue weighted by atomic mass is 16.3. The van der Waals surface area contributed by atoms with E-state index < -0.39 is 11.6 Å². The summed E-state index contributed by atoms with van der Waals surface area (Å²) in [6.45, 7) is 8.24. The van der Waals surface area contributed by atoms with Gasteiger partial charge in [-0.1, -0.05) is 32.1 Å². The van der Waals surface area contributed by atoms with E-state index in [1.165, 1.54) is 19.3 Å². The highest BCUT2D eigenvalue weighted by molar-refractivity contribution is 5.99. The number of aliphatic hydroxyl groups is 1. The van der Waals surface area contributed by atoms with E-state index in [4.69, 9.17) is 0 Å². The summed E-state index contributed by atoms with van der Waals surface area (Å²) in [5, 5.41) is 20.6. The standard InChI is InChI=1S/C23H37N5O3/c1-16(2)24-18-13-21(29)28(14-18)19(12-17-8-6-5-7-9-17)22(30)25-20-10-11-27(26-20)15-23(3,4)31/h10-11,13,16-17,19,24,31H,5-9,12,14-15H2,1-4H3,(H,25,26,30)/t19-/m0/s1.